The van der Waals surface area contributed by atoms with Crippen LogP contribution in [0.4, 0.5) is 74.6 Å². The van der Waals surface area contributed by atoms with Gasteiger partial charge in [0.25, 0.3) is 0 Å². The topological polar surface area (TPSA) is 12.0 Å². The lowest BCUT2D eigenvalue weighted by atomic mass is 9.88. The van der Waals surface area contributed by atoms with Crippen molar-refractivity contribution in [2.45, 2.75) is 67.0 Å². The number of halogens is 17. The summed E-state index contributed by atoms with van der Waals surface area (Å²) >= 11 is 0. The van der Waals surface area contributed by atoms with Gasteiger partial charge in [0, 0.05) is 19.0 Å². The first-order chi connectivity index (χ1) is 15.7. The largest absolute Gasteiger partial charge is 0.460 e. The van der Waals surface area contributed by atoms with Crippen molar-refractivity contribution in [3.05, 3.63) is 35.9 Å². The Hall–Kier alpha value is -2.01. The maximum atomic E-state index is 13.8. The molecule has 18 heteroatoms. The van der Waals surface area contributed by atoms with Crippen LogP contribution in [0.25, 0.3) is 0 Å². The molecule has 0 aromatic heterocycles. The van der Waals surface area contributed by atoms with Gasteiger partial charge in [-0.2, -0.15) is 74.6 Å². The SMILES string of the molecule is C[C@H](NCCC(F)(F)C(F)(F)C(F)(F)C(F)(F)C(F)(F)C(F)(F)C(F)(F)C(F)(F)F)c1ccccc1. The summed E-state index contributed by atoms with van der Waals surface area (Å²) in [6, 6.07) is 6.15. The van der Waals surface area contributed by atoms with Gasteiger partial charge in [-0.1, -0.05) is 30.3 Å². The molecule has 0 aliphatic rings. The summed E-state index contributed by atoms with van der Waals surface area (Å²) in [5.74, 6) is -56.1. The molecule has 0 spiro atoms. The number of nitrogens with one attached hydrogen (secondary N) is 1. The predicted molar refractivity (Wildman–Crippen MR) is 88.2 cm³/mol. The fraction of sp³-hybridized carbons (Fsp3) is 0.667. The maximum absolute atomic E-state index is 13.8. The molecule has 0 amide bonds. The van der Waals surface area contributed by atoms with E-state index in [9.17, 15) is 74.6 Å². The first-order valence-corrected chi connectivity index (χ1v) is 9.24. The zero-order valence-corrected chi connectivity index (χ0v) is 17.3. The smallest absolute Gasteiger partial charge is 0.310 e. The summed E-state index contributed by atoms with van der Waals surface area (Å²) in [7, 11) is 0. The van der Waals surface area contributed by atoms with Crippen LogP contribution in [0.3, 0.4) is 0 Å². The van der Waals surface area contributed by atoms with E-state index in [0.29, 0.717) is 5.56 Å². The minimum Gasteiger partial charge on any atom is -0.310 e. The van der Waals surface area contributed by atoms with Crippen LogP contribution >= 0.6 is 0 Å². The summed E-state index contributed by atoms with van der Waals surface area (Å²) in [5.41, 5.74) is 0.317. The van der Waals surface area contributed by atoms with Crippen LogP contribution in [0, 0.1) is 0 Å². The van der Waals surface area contributed by atoms with Crippen molar-refractivity contribution in [1.29, 1.82) is 0 Å². The van der Waals surface area contributed by atoms with E-state index < -0.39 is 66.6 Å². The summed E-state index contributed by atoms with van der Waals surface area (Å²) < 4.78 is 224. The van der Waals surface area contributed by atoms with Gasteiger partial charge < -0.3 is 5.32 Å². The van der Waals surface area contributed by atoms with Gasteiger partial charge in [0.2, 0.25) is 0 Å². The molecule has 1 nitrogen and oxygen atoms in total. The van der Waals surface area contributed by atoms with E-state index in [1.165, 1.54) is 37.3 Å². The summed E-state index contributed by atoms with van der Waals surface area (Å²) in [4.78, 5) is 0. The Bertz CT molecular complexity index is 875. The Kier molecular flexibility index (Phi) is 8.34. The van der Waals surface area contributed by atoms with Crippen molar-refractivity contribution in [2.75, 3.05) is 6.54 Å². The molecule has 210 valence electrons. The Balaban J connectivity index is 3.29. The standard InChI is InChI=1S/C18H14F17N/c1-9(10-5-3-2-4-6-10)36-8-7-11(19,20)12(21,22)13(23,24)14(25,26)15(27,28)16(29,30)17(31,32)18(33,34)35/h2-6,9,36H,7-8H2,1H3/t9-/m0/s1. The van der Waals surface area contributed by atoms with Gasteiger partial charge in [0.05, 0.1) is 0 Å². The molecular weight excluding hydrogens is 553 g/mol. The Morgan fingerprint density at radius 3 is 1.31 bits per heavy atom. The lowest BCUT2D eigenvalue weighted by molar-refractivity contribution is -0.461. The molecule has 0 radical (unpaired) electrons. The molecule has 0 heterocycles. The van der Waals surface area contributed by atoms with E-state index in [1.54, 1.807) is 0 Å². The summed E-state index contributed by atoms with van der Waals surface area (Å²) in [5, 5.41) is 2.07. The molecular formula is C18H14F17N. The third-order valence-corrected chi connectivity index (χ3v) is 4.98. The molecule has 0 saturated heterocycles. The average Bonchev–Trinajstić information content (AvgIpc) is 2.72. The predicted octanol–water partition coefficient (Wildman–Crippen LogP) is 7.74. The summed E-state index contributed by atoms with van der Waals surface area (Å²) in [6.45, 7) is -0.156. The van der Waals surface area contributed by atoms with Crippen LogP contribution in [0.2, 0.25) is 0 Å². The van der Waals surface area contributed by atoms with Gasteiger partial charge in [0.15, 0.2) is 0 Å². The van der Waals surface area contributed by atoms with Gasteiger partial charge in [-0.15, -0.1) is 0 Å². The van der Waals surface area contributed by atoms with E-state index in [2.05, 4.69) is 5.32 Å². The molecule has 1 aromatic rings. The fourth-order valence-electron chi connectivity index (χ4n) is 2.66. The normalized spacial score (nSPS) is 16.3. The van der Waals surface area contributed by atoms with Crippen molar-refractivity contribution >= 4 is 0 Å². The zero-order chi connectivity index (χ0) is 28.8. The second-order valence-electron chi connectivity index (χ2n) is 7.49. The molecule has 0 bridgehead atoms. The van der Waals surface area contributed by atoms with Crippen molar-refractivity contribution in [1.82, 2.24) is 5.32 Å². The van der Waals surface area contributed by atoms with Crippen molar-refractivity contribution in [3.8, 4) is 0 Å². The van der Waals surface area contributed by atoms with E-state index in [4.69, 9.17) is 0 Å². The first kappa shape index (κ1) is 32.0. The first-order valence-electron chi connectivity index (χ1n) is 9.24. The maximum Gasteiger partial charge on any atom is 0.460 e. The second-order valence-corrected chi connectivity index (χ2v) is 7.49. The van der Waals surface area contributed by atoms with Crippen LogP contribution in [0.5, 0.6) is 0 Å². The third-order valence-electron chi connectivity index (χ3n) is 4.98. The highest BCUT2D eigenvalue weighted by atomic mass is 19.4. The van der Waals surface area contributed by atoms with Crippen LogP contribution < -0.4 is 5.32 Å². The van der Waals surface area contributed by atoms with E-state index in [0.717, 1.165) is 0 Å². The molecule has 1 aromatic carbocycles. The zero-order valence-electron chi connectivity index (χ0n) is 17.3. The molecule has 0 unspecified atom stereocenters. The van der Waals surface area contributed by atoms with Gasteiger partial charge in [-0.05, 0) is 12.5 Å². The highest BCUT2D eigenvalue weighted by molar-refractivity contribution is 5.18. The van der Waals surface area contributed by atoms with Crippen LogP contribution in [0.1, 0.15) is 24.9 Å². The minimum atomic E-state index is -8.61. The van der Waals surface area contributed by atoms with Crippen molar-refractivity contribution in [3.63, 3.8) is 0 Å². The van der Waals surface area contributed by atoms with Gasteiger partial charge in [-0.25, -0.2) is 0 Å². The molecule has 0 aliphatic carbocycles. The Morgan fingerprint density at radius 1 is 0.556 bits per heavy atom. The highest BCUT2D eigenvalue weighted by Crippen LogP contribution is 2.64. The number of benzene rings is 1. The number of hydrogen-bond donors (Lipinski definition) is 1. The average molecular weight is 567 g/mol. The van der Waals surface area contributed by atoms with E-state index in [1.807, 2.05) is 0 Å². The quantitative estimate of drug-likeness (QED) is 0.270. The molecule has 0 fully saturated rings. The Morgan fingerprint density at radius 2 is 0.917 bits per heavy atom. The molecule has 1 N–H and O–H groups in total. The highest BCUT2D eigenvalue weighted by Gasteiger charge is 2.95. The van der Waals surface area contributed by atoms with Gasteiger partial charge in [-0.3, -0.25) is 0 Å². The number of rotatable bonds is 11. The van der Waals surface area contributed by atoms with Gasteiger partial charge >= 0.3 is 47.6 Å². The van der Waals surface area contributed by atoms with Crippen LogP contribution in [-0.4, -0.2) is 54.2 Å². The molecule has 0 aliphatic heterocycles. The third kappa shape index (κ3) is 4.80. The lowest BCUT2D eigenvalue weighted by Crippen LogP contribution is -2.74. The number of hydrogen-bond acceptors (Lipinski definition) is 1. The fourth-order valence-corrected chi connectivity index (χ4v) is 2.66. The Labute approximate surface area is 190 Å². The molecule has 1 atom stereocenters. The van der Waals surface area contributed by atoms with Crippen molar-refractivity contribution in [2.24, 2.45) is 0 Å². The number of alkyl halides is 17. The van der Waals surface area contributed by atoms with Crippen molar-refractivity contribution < 1.29 is 74.6 Å². The minimum absolute atomic E-state index is 0.317. The monoisotopic (exact) mass is 567 g/mol. The summed E-state index contributed by atoms with van der Waals surface area (Å²) in [6.07, 6.45) is -10.3. The van der Waals surface area contributed by atoms with E-state index >= 15 is 0 Å². The molecule has 0 saturated carbocycles. The van der Waals surface area contributed by atoms with E-state index in [-0.39, 0.29) is 0 Å². The van der Waals surface area contributed by atoms with Crippen LogP contribution in [0.15, 0.2) is 30.3 Å². The second kappa shape index (κ2) is 9.38. The van der Waals surface area contributed by atoms with Crippen LogP contribution in [-0.2, 0) is 0 Å². The van der Waals surface area contributed by atoms with Gasteiger partial charge in [0.1, 0.15) is 0 Å². The lowest BCUT2D eigenvalue weighted by Gasteiger charge is -2.42. The molecule has 1 rings (SSSR count). The molecule has 36 heavy (non-hydrogen) atoms.